The Labute approximate surface area is 142 Å². The van der Waals surface area contributed by atoms with Crippen LogP contribution in [0.5, 0.6) is 5.75 Å². The standard InChI is InChI=1S/C12H17IN2O.C2H2O4/c13-11-1-3-12(4-2-11)16-10-9-15-7-5-14-6-8-15;3-1(4)2(5)6/h1-4,14H,5-10H2;(H,3,4)(H,5,6). The van der Waals surface area contributed by atoms with Crippen LogP contribution in [0.2, 0.25) is 0 Å². The van der Waals surface area contributed by atoms with Crippen LogP contribution in [-0.4, -0.2) is 66.4 Å². The van der Waals surface area contributed by atoms with Crippen molar-refractivity contribution in [1.29, 1.82) is 0 Å². The highest BCUT2D eigenvalue weighted by atomic mass is 127. The zero-order valence-electron chi connectivity index (χ0n) is 12.0. The van der Waals surface area contributed by atoms with E-state index in [1.807, 2.05) is 12.1 Å². The molecule has 0 aromatic heterocycles. The molecule has 0 bridgehead atoms. The number of rotatable bonds is 4. The molecule has 1 aliphatic rings. The van der Waals surface area contributed by atoms with Crippen molar-refractivity contribution in [1.82, 2.24) is 10.2 Å². The third kappa shape index (κ3) is 8.15. The van der Waals surface area contributed by atoms with Gasteiger partial charge in [-0.05, 0) is 46.9 Å². The molecule has 0 amide bonds. The number of halogens is 1. The molecule has 3 N–H and O–H groups in total. The number of carbonyl (C=O) groups is 2. The second-order valence-electron chi connectivity index (χ2n) is 4.50. The van der Waals surface area contributed by atoms with Gasteiger partial charge in [0.2, 0.25) is 0 Å². The normalized spacial score (nSPS) is 14.6. The average Bonchev–Trinajstić information content (AvgIpc) is 2.51. The minimum Gasteiger partial charge on any atom is -0.492 e. The first-order chi connectivity index (χ1) is 10.5. The molecule has 1 fully saturated rings. The molecule has 0 spiro atoms. The smallest absolute Gasteiger partial charge is 0.414 e. The first-order valence-corrected chi connectivity index (χ1v) is 7.84. The van der Waals surface area contributed by atoms with Gasteiger partial charge in [-0.2, -0.15) is 0 Å². The number of ether oxygens (including phenoxy) is 1. The molecule has 0 aliphatic carbocycles. The summed E-state index contributed by atoms with van der Waals surface area (Å²) in [6.45, 7) is 6.27. The molecule has 7 nitrogen and oxygen atoms in total. The number of carboxylic acid groups (broad SMARTS) is 2. The summed E-state index contributed by atoms with van der Waals surface area (Å²) in [6, 6.07) is 8.19. The van der Waals surface area contributed by atoms with E-state index in [1.54, 1.807) is 0 Å². The molecular formula is C14H19IN2O5. The summed E-state index contributed by atoms with van der Waals surface area (Å²) < 4.78 is 6.94. The van der Waals surface area contributed by atoms with Crippen molar-refractivity contribution in [2.75, 3.05) is 39.3 Å². The van der Waals surface area contributed by atoms with Gasteiger partial charge in [-0.15, -0.1) is 0 Å². The Morgan fingerprint density at radius 3 is 2.18 bits per heavy atom. The van der Waals surface area contributed by atoms with Gasteiger partial charge in [0.1, 0.15) is 12.4 Å². The molecular weight excluding hydrogens is 403 g/mol. The molecule has 0 unspecified atom stereocenters. The second-order valence-corrected chi connectivity index (χ2v) is 5.75. The van der Waals surface area contributed by atoms with Gasteiger partial charge in [-0.3, -0.25) is 4.90 Å². The lowest BCUT2D eigenvalue weighted by molar-refractivity contribution is -0.159. The van der Waals surface area contributed by atoms with E-state index in [2.05, 4.69) is 44.9 Å². The predicted molar refractivity (Wildman–Crippen MR) is 89.2 cm³/mol. The predicted octanol–water partition coefficient (Wildman–Crippen LogP) is 0.731. The van der Waals surface area contributed by atoms with Crippen molar-refractivity contribution in [3.8, 4) is 5.75 Å². The van der Waals surface area contributed by atoms with Crippen molar-refractivity contribution in [3.63, 3.8) is 0 Å². The fourth-order valence-corrected chi connectivity index (χ4v) is 2.12. The van der Waals surface area contributed by atoms with Gasteiger partial charge in [0.15, 0.2) is 0 Å². The second kappa shape index (κ2) is 10.4. The Morgan fingerprint density at radius 1 is 1.14 bits per heavy atom. The summed E-state index contributed by atoms with van der Waals surface area (Å²) in [5, 5.41) is 18.1. The highest BCUT2D eigenvalue weighted by Crippen LogP contribution is 2.13. The molecule has 8 heteroatoms. The fraction of sp³-hybridized carbons (Fsp3) is 0.429. The van der Waals surface area contributed by atoms with Crippen molar-refractivity contribution in [2.45, 2.75) is 0 Å². The molecule has 0 radical (unpaired) electrons. The van der Waals surface area contributed by atoms with Crippen molar-refractivity contribution in [3.05, 3.63) is 27.8 Å². The third-order valence-electron chi connectivity index (χ3n) is 2.88. The van der Waals surface area contributed by atoms with E-state index in [1.165, 1.54) is 3.57 Å². The number of aliphatic carboxylic acids is 2. The minimum absolute atomic E-state index is 0.778. The van der Waals surface area contributed by atoms with E-state index < -0.39 is 11.9 Å². The van der Waals surface area contributed by atoms with Crippen LogP contribution in [0, 0.1) is 3.57 Å². The van der Waals surface area contributed by atoms with Gasteiger partial charge < -0.3 is 20.3 Å². The number of hydrogen-bond donors (Lipinski definition) is 3. The van der Waals surface area contributed by atoms with E-state index in [9.17, 15) is 0 Å². The number of piperazine rings is 1. The summed E-state index contributed by atoms with van der Waals surface area (Å²) in [5.41, 5.74) is 0. The zero-order valence-corrected chi connectivity index (χ0v) is 14.2. The quantitative estimate of drug-likeness (QED) is 0.486. The van der Waals surface area contributed by atoms with Crippen LogP contribution in [-0.2, 0) is 9.59 Å². The van der Waals surface area contributed by atoms with Crippen LogP contribution in [0.25, 0.3) is 0 Å². The van der Waals surface area contributed by atoms with Gasteiger partial charge in [-0.25, -0.2) is 9.59 Å². The van der Waals surface area contributed by atoms with Crippen LogP contribution in [0.1, 0.15) is 0 Å². The van der Waals surface area contributed by atoms with E-state index in [-0.39, 0.29) is 0 Å². The highest BCUT2D eigenvalue weighted by Gasteiger charge is 2.08. The Morgan fingerprint density at radius 2 is 1.68 bits per heavy atom. The van der Waals surface area contributed by atoms with Crippen LogP contribution in [0.15, 0.2) is 24.3 Å². The number of nitrogens with zero attached hydrogens (tertiary/aromatic N) is 1. The van der Waals surface area contributed by atoms with Crippen molar-refractivity contribution >= 4 is 34.5 Å². The maximum Gasteiger partial charge on any atom is 0.414 e. The Bertz CT molecular complexity index is 463. The topological polar surface area (TPSA) is 99.1 Å². The van der Waals surface area contributed by atoms with E-state index in [4.69, 9.17) is 24.5 Å². The number of carboxylic acids is 2. The number of nitrogens with one attached hydrogen (secondary N) is 1. The maximum absolute atomic E-state index is 9.10. The third-order valence-corrected chi connectivity index (χ3v) is 3.60. The lowest BCUT2D eigenvalue weighted by atomic mass is 10.3. The summed E-state index contributed by atoms with van der Waals surface area (Å²) in [5.74, 6) is -2.68. The molecule has 122 valence electrons. The van der Waals surface area contributed by atoms with Gasteiger partial charge in [0.25, 0.3) is 0 Å². The van der Waals surface area contributed by atoms with Gasteiger partial charge in [0.05, 0.1) is 0 Å². The van der Waals surface area contributed by atoms with Gasteiger partial charge in [0, 0.05) is 36.3 Å². The average molecular weight is 422 g/mol. The summed E-state index contributed by atoms with van der Waals surface area (Å²) in [4.78, 5) is 20.6. The Balaban J connectivity index is 0.000000346. The molecule has 1 heterocycles. The monoisotopic (exact) mass is 422 g/mol. The van der Waals surface area contributed by atoms with Gasteiger partial charge in [-0.1, -0.05) is 0 Å². The lowest BCUT2D eigenvalue weighted by Crippen LogP contribution is -2.44. The minimum atomic E-state index is -1.82. The van der Waals surface area contributed by atoms with E-state index >= 15 is 0 Å². The van der Waals surface area contributed by atoms with Crippen LogP contribution < -0.4 is 10.1 Å². The fourth-order valence-electron chi connectivity index (χ4n) is 1.76. The lowest BCUT2D eigenvalue weighted by Gasteiger charge is -2.26. The molecule has 0 saturated carbocycles. The van der Waals surface area contributed by atoms with Crippen molar-refractivity contribution < 1.29 is 24.5 Å². The molecule has 1 saturated heterocycles. The molecule has 1 aromatic rings. The van der Waals surface area contributed by atoms with Gasteiger partial charge >= 0.3 is 11.9 Å². The Hall–Kier alpha value is -1.39. The number of hydrogen-bond acceptors (Lipinski definition) is 5. The van der Waals surface area contributed by atoms with Crippen LogP contribution >= 0.6 is 22.6 Å². The molecule has 0 atom stereocenters. The SMILES string of the molecule is Ic1ccc(OCCN2CCNCC2)cc1.O=C(O)C(=O)O. The largest absolute Gasteiger partial charge is 0.492 e. The Kier molecular flexibility index (Phi) is 8.78. The van der Waals surface area contributed by atoms with E-state index in [0.717, 1.165) is 45.1 Å². The first kappa shape index (κ1) is 18.7. The molecule has 1 aromatic carbocycles. The molecule has 1 aliphatic heterocycles. The summed E-state index contributed by atoms with van der Waals surface area (Å²) in [7, 11) is 0. The van der Waals surface area contributed by atoms with E-state index in [0.29, 0.717) is 0 Å². The highest BCUT2D eigenvalue weighted by molar-refractivity contribution is 14.1. The molecule has 2 rings (SSSR count). The zero-order chi connectivity index (χ0) is 16.4. The summed E-state index contributed by atoms with van der Waals surface area (Å²) >= 11 is 2.30. The van der Waals surface area contributed by atoms with Crippen LogP contribution in [0.4, 0.5) is 0 Å². The summed E-state index contributed by atoms with van der Waals surface area (Å²) in [6.07, 6.45) is 0. The number of benzene rings is 1. The van der Waals surface area contributed by atoms with Crippen LogP contribution in [0.3, 0.4) is 0 Å². The first-order valence-electron chi connectivity index (χ1n) is 6.76. The molecule has 22 heavy (non-hydrogen) atoms. The van der Waals surface area contributed by atoms with Crippen molar-refractivity contribution in [2.24, 2.45) is 0 Å². The maximum atomic E-state index is 9.10.